The summed E-state index contributed by atoms with van der Waals surface area (Å²) in [5.74, 6) is -0.265. The lowest BCUT2D eigenvalue weighted by Crippen LogP contribution is -2.33. The van der Waals surface area contributed by atoms with Crippen molar-refractivity contribution in [2.45, 2.75) is 52.0 Å². The maximum Gasteiger partial charge on any atom is 0.252 e. The lowest BCUT2D eigenvalue weighted by molar-refractivity contribution is 0.0938. The molecule has 1 amide bonds. The Kier molecular flexibility index (Phi) is 4.94. The first-order valence-electron chi connectivity index (χ1n) is 6.54. The Labute approximate surface area is 120 Å². The Morgan fingerprint density at radius 1 is 1.30 bits per heavy atom. The highest BCUT2D eigenvalue weighted by molar-refractivity contribution is 7.89. The Bertz CT molecular complexity index is 636. The molecule has 0 saturated carbocycles. The molecule has 5 nitrogen and oxygen atoms in total. The van der Waals surface area contributed by atoms with Gasteiger partial charge in [0.1, 0.15) is 0 Å². The molecule has 0 fully saturated rings. The third-order valence-corrected chi connectivity index (χ3v) is 4.60. The second-order valence-electron chi connectivity index (χ2n) is 5.17. The summed E-state index contributed by atoms with van der Waals surface area (Å²) in [6, 6.07) is 1.71. The molecule has 1 unspecified atom stereocenters. The largest absolute Gasteiger partial charge is 0.350 e. The number of nitrogens with one attached hydrogen (secondary N) is 1. The fraction of sp³-hybridized carbons (Fsp3) is 0.500. The molecule has 0 radical (unpaired) electrons. The molecule has 112 valence electrons. The van der Waals surface area contributed by atoms with Crippen LogP contribution in [0.2, 0.25) is 0 Å². The van der Waals surface area contributed by atoms with E-state index in [0.717, 1.165) is 12.0 Å². The highest BCUT2D eigenvalue weighted by atomic mass is 32.2. The van der Waals surface area contributed by atoms with Gasteiger partial charge in [-0.15, -0.1) is 0 Å². The molecule has 0 aliphatic carbocycles. The molecule has 20 heavy (non-hydrogen) atoms. The first-order valence-corrected chi connectivity index (χ1v) is 8.08. The Hall–Kier alpha value is -1.40. The van der Waals surface area contributed by atoms with E-state index in [9.17, 15) is 13.2 Å². The zero-order valence-corrected chi connectivity index (χ0v) is 13.4. The molecule has 3 N–H and O–H groups in total. The third-order valence-electron chi connectivity index (χ3n) is 3.40. The van der Waals surface area contributed by atoms with Gasteiger partial charge in [0.15, 0.2) is 0 Å². The number of benzene rings is 1. The van der Waals surface area contributed by atoms with Crippen molar-refractivity contribution >= 4 is 15.9 Å². The molecule has 0 spiro atoms. The van der Waals surface area contributed by atoms with Gasteiger partial charge < -0.3 is 5.32 Å². The van der Waals surface area contributed by atoms with E-state index in [2.05, 4.69) is 5.32 Å². The molecule has 0 aliphatic rings. The maximum absolute atomic E-state index is 12.3. The minimum atomic E-state index is -3.85. The molecular formula is C14H22N2O3S. The lowest BCUT2D eigenvalue weighted by Gasteiger charge is -2.18. The van der Waals surface area contributed by atoms with E-state index in [4.69, 9.17) is 5.14 Å². The maximum atomic E-state index is 12.3. The van der Waals surface area contributed by atoms with Crippen molar-refractivity contribution in [3.63, 3.8) is 0 Å². The number of amides is 1. The molecular weight excluding hydrogens is 276 g/mol. The van der Waals surface area contributed by atoms with Crippen molar-refractivity contribution in [1.29, 1.82) is 0 Å². The van der Waals surface area contributed by atoms with Gasteiger partial charge in [-0.3, -0.25) is 4.79 Å². The Morgan fingerprint density at radius 2 is 1.85 bits per heavy atom. The van der Waals surface area contributed by atoms with Gasteiger partial charge in [0.25, 0.3) is 5.91 Å². The topological polar surface area (TPSA) is 89.3 Å². The van der Waals surface area contributed by atoms with Crippen LogP contribution in [0.5, 0.6) is 0 Å². The van der Waals surface area contributed by atoms with E-state index in [-0.39, 0.29) is 16.8 Å². The molecule has 1 rings (SSSR count). The van der Waals surface area contributed by atoms with Crippen LogP contribution in [0.25, 0.3) is 0 Å². The van der Waals surface area contributed by atoms with Crippen molar-refractivity contribution in [2.75, 3.05) is 0 Å². The first kappa shape index (κ1) is 16.7. The molecule has 0 aliphatic heterocycles. The molecule has 0 saturated heterocycles. The van der Waals surface area contributed by atoms with Gasteiger partial charge in [0, 0.05) is 11.6 Å². The van der Waals surface area contributed by atoms with Crippen LogP contribution in [-0.2, 0) is 10.0 Å². The van der Waals surface area contributed by atoms with Crippen molar-refractivity contribution in [3.05, 3.63) is 28.3 Å². The minimum Gasteiger partial charge on any atom is -0.350 e. The molecule has 1 atom stereocenters. The van der Waals surface area contributed by atoms with Crippen LogP contribution in [0.3, 0.4) is 0 Å². The van der Waals surface area contributed by atoms with Crippen molar-refractivity contribution in [3.8, 4) is 0 Å². The summed E-state index contributed by atoms with van der Waals surface area (Å²) in [6.45, 7) is 8.95. The number of primary sulfonamides is 1. The summed E-state index contributed by atoms with van der Waals surface area (Å²) in [4.78, 5) is 12.3. The van der Waals surface area contributed by atoms with E-state index in [1.54, 1.807) is 26.8 Å². The van der Waals surface area contributed by atoms with E-state index in [0.29, 0.717) is 16.7 Å². The standard InChI is InChI=1S/C14H22N2O3S/c1-6-10(4)16-14(17)12-8(2)7-9(3)13(11(12)5)20(15,18)19/h7,10H,6H2,1-5H3,(H,16,17)(H2,15,18,19). The zero-order chi connectivity index (χ0) is 15.7. The van der Waals surface area contributed by atoms with Crippen LogP contribution in [0.4, 0.5) is 0 Å². The van der Waals surface area contributed by atoms with E-state index >= 15 is 0 Å². The van der Waals surface area contributed by atoms with E-state index < -0.39 is 10.0 Å². The molecule has 6 heteroatoms. The fourth-order valence-electron chi connectivity index (χ4n) is 2.35. The third kappa shape index (κ3) is 3.37. The average molecular weight is 298 g/mol. The quantitative estimate of drug-likeness (QED) is 0.888. The predicted molar refractivity (Wildman–Crippen MR) is 79.2 cm³/mol. The smallest absolute Gasteiger partial charge is 0.252 e. The summed E-state index contributed by atoms with van der Waals surface area (Å²) in [5.41, 5.74) is 2.10. The Morgan fingerprint density at radius 3 is 2.30 bits per heavy atom. The number of aryl methyl sites for hydroxylation is 2. The van der Waals surface area contributed by atoms with Crippen LogP contribution in [0, 0.1) is 20.8 Å². The van der Waals surface area contributed by atoms with Crippen LogP contribution >= 0.6 is 0 Å². The lowest BCUT2D eigenvalue weighted by atomic mass is 9.98. The van der Waals surface area contributed by atoms with Gasteiger partial charge >= 0.3 is 0 Å². The van der Waals surface area contributed by atoms with Gasteiger partial charge in [-0.05, 0) is 50.8 Å². The second kappa shape index (κ2) is 5.93. The number of rotatable bonds is 4. The molecule has 1 aromatic carbocycles. The number of hydrogen-bond acceptors (Lipinski definition) is 3. The molecule has 0 bridgehead atoms. The van der Waals surface area contributed by atoms with Crippen LogP contribution < -0.4 is 10.5 Å². The minimum absolute atomic E-state index is 0.0283. The van der Waals surface area contributed by atoms with Gasteiger partial charge in [-0.25, -0.2) is 13.6 Å². The monoisotopic (exact) mass is 298 g/mol. The summed E-state index contributed by atoms with van der Waals surface area (Å²) < 4.78 is 23.4. The van der Waals surface area contributed by atoms with Crippen LogP contribution in [-0.4, -0.2) is 20.4 Å². The van der Waals surface area contributed by atoms with Crippen molar-refractivity contribution < 1.29 is 13.2 Å². The highest BCUT2D eigenvalue weighted by Gasteiger charge is 2.23. The fourth-order valence-corrected chi connectivity index (χ4v) is 3.39. The summed E-state index contributed by atoms with van der Waals surface area (Å²) in [6.07, 6.45) is 0.803. The van der Waals surface area contributed by atoms with E-state index in [1.807, 2.05) is 13.8 Å². The average Bonchev–Trinajstić information content (AvgIpc) is 2.25. The number of hydrogen-bond donors (Lipinski definition) is 2. The summed E-state index contributed by atoms with van der Waals surface area (Å²) in [5, 5.41) is 8.10. The summed E-state index contributed by atoms with van der Waals surface area (Å²) in [7, 11) is -3.85. The molecule has 0 heterocycles. The van der Waals surface area contributed by atoms with Gasteiger partial charge in [-0.2, -0.15) is 0 Å². The number of nitrogens with two attached hydrogens (primary N) is 1. The number of sulfonamides is 1. The number of carbonyl (C=O) groups is 1. The predicted octanol–water partition coefficient (Wildman–Crippen LogP) is 1.79. The van der Waals surface area contributed by atoms with Gasteiger partial charge in [0.05, 0.1) is 4.90 Å². The number of carbonyl (C=O) groups excluding carboxylic acids is 1. The van der Waals surface area contributed by atoms with Crippen LogP contribution in [0.1, 0.15) is 47.3 Å². The van der Waals surface area contributed by atoms with E-state index in [1.165, 1.54) is 0 Å². The molecule has 1 aromatic rings. The van der Waals surface area contributed by atoms with Crippen molar-refractivity contribution in [1.82, 2.24) is 5.32 Å². The van der Waals surface area contributed by atoms with Gasteiger partial charge in [0.2, 0.25) is 10.0 Å². The summed E-state index contributed by atoms with van der Waals surface area (Å²) >= 11 is 0. The van der Waals surface area contributed by atoms with Crippen LogP contribution in [0.15, 0.2) is 11.0 Å². The normalized spacial score (nSPS) is 13.1. The van der Waals surface area contributed by atoms with Gasteiger partial charge in [-0.1, -0.05) is 13.0 Å². The second-order valence-corrected chi connectivity index (χ2v) is 6.67. The highest BCUT2D eigenvalue weighted by Crippen LogP contribution is 2.25. The Balaban J connectivity index is 3.46. The zero-order valence-electron chi connectivity index (χ0n) is 12.6. The first-order chi connectivity index (χ1) is 9.09. The van der Waals surface area contributed by atoms with Crippen molar-refractivity contribution in [2.24, 2.45) is 5.14 Å². The SMILES string of the molecule is CCC(C)NC(=O)c1c(C)cc(C)c(S(N)(=O)=O)c1C. The molecule has 0 aromatic heterocycles.